The van der Waals surface area contributed by atoms with Gasteiger partial charge in [-0.1, -0.05) is 45.4 Å². The van der Waals surface area contributed by atoms with Gasteiger partial charge in [-0.2, -0.15) is 0 Å². The van der Waals surface area contributed by atoms with Crippen molar-refractivity contribution < 1.29 is 13.2 Å². The molecule has 0 aromatic heterocycles. The van der Waals surface area contributed by atoms with Crippen molar-refractivity contribution in [3.05, 3.63) is 42.1 Å². The van der Waals surface area contributed by atoms with Crippen molar-refractivity contribution in [3.8, 4) is 0 Å². The van der Waals surface area contributed by atoms with Crippen LogP contribution in [0.1, 0.15) is 45.1 Å². The molecule has 0 aliphatic rings. The van der Waals surface area contributed by atoms with Crippen molar-refractivity contribution in [2.24, 2.45) is 10.9 Å². The fourth-order valence-corrected chi connectivity index (χ4v) is 3.29. The molecule has 25 heavy (non-hydrogen) atoms. The van der Waals surface area contributed by atoms with Crippen LogP contribution in [0.3, 0.4) is 0 Å². The molecule has 1 rings (SSSR count). The van der Waals surface area contributed by atoms with E-state index in [1.807, 2.05) is 12.1 Å². The molecule has 0 radical (unpaired) electrons. The van der Waals surface area contributed by atoms with Gasteiger partial charge in [0.15, 0.2) is 5.90 Å². The minimum absolute atomic E-state index is 0.332. The highest BCUT2D eigenvalue weighted by Gasteiger charge is 2.15. The number of sulfonamides is 1. The third kappa shape index (κ3) is 8.20. The summed E-state index contributed by atoms with van der Waals surface area (Å²) in [6.45, 7) is 8.37. The predicted molar refractivity (Wildman–Crippen MR) is 106 cm³/mol. The van der Waals surface area contributed by atoms with Crippen LogP contribution in [0.15, 0.2) is 41.5 Å². The van der Waals surface area contributed by atoms with Gasteiger partial charge in [0, 0.05) is 23.7 Å². The fourth-order valence-electron chi connectivity index (χ4n) is 2.73. The smallest absolute Gasteiger partial charge is 0.229 e. The number of nitrogens with one attached hydrogen (secondary N) is 1. The molecule has 0 atom stereocenters. The molecule has 0 saturated heterocycles. The normalized spacial score (nSPS) is 12.3. The van der Waals surface area contributed by atoms with Gasteiger partial charge in [-0.25, -0.2) is 13.4 Å². The summed E-state index contributed by atoms with van der Waals surface area (Å²) in [4.78, 5) is 4.60. The summed E-state index contributed by atoms with van der Waals surface area (Å²) in [5.41, 5.74) is 2.30. The molecular formula is C19H30N2O3S. The molecule has 6 heteroatoms. The van der Waals surface area contributed by atoms with E-state index < -0.39 is 10.0 Å². The van der Waals surface area contributed by atoms with Gasteiger partial charge in [-0.15, -0.1) is 0 Å². The van der Waals surface area contributed by atoms with E-state index in [0.717, 1.165) is 49.1 Å². The Morgan fingerprint density at radius 2 is 1.76 bits per heavy atom. The van der Waals surface area contributed by atoms with Crippen LogP contribution in [0.4, 0.5) is 5.69 Å². The van der Waals surface area contributed by atoms with E-state index in [1.54, 1.807) is 19.2 Å². The Balaban J connectivity index is 2.79. The van der Waals surface area contributed by atoms with E-state index in [2.05, 4.69) is 30.1 Å². The number of hydrogen-bond donors (Lipinski definition) is 1. The number of rotatable bonds is 10. The first-order valence-corrected chi connectivity index (χ1v) is 10.5. The summed E-state index contributed by atoms with van der Waals surface area (Å²) >= 11 is 0. The zero-order chi connectivity index (χ0) is 18.9. The lowest BCUT2D eigenvalue weighted by atomic mass is 9.98. The number of methoxy groups -OCH3 is 1. The number of allylic oxidation sites excluding steroid dienone is 1. The number of anilines is 1. The second-order valence-corrected chi connectivity index (χ2v) is 7.99. The number of aliphatic imine (C=N–C) groups is 1. The molecule has 0 fully saturated rings. The van der Waals surface area contributed by atoms with Crippen molar-refractivity contribution in [2.75, 3.05) is 18.1 Å². The molecule has 0 heterocycles. The van der Waals surface area contributed by atoms with Crippen LogP contribution >= 0.6 is 0 Å². The van der Waals surface area contributed by atoms with Crippen LogP contribution in [0, 0.1) is 5.92 Å². The highest BCUT2D eigenvalue weighted by atomic mass is 32.2. The first-order valence-electron chi connectivity index (χ1n) is 8.66. The van der Waals surface area contributed by atoms with E-state index in [1.165, 1.54) is 0 Å². The Hall–Kier alpha value is -1.82. The molecule has 1 N–H and O–H groups in total. The third-order valence-electron chi connectivity index (χ3n) is 3.77. The largest absolute Gasteiger partial charge is 0.484 e. The highest BCUT2D eigenvalue weighted by molar-refractivity contribution is 7.92. The maximum atomic E-state index is 11.2. The Morgan fingerprint density at radius 1 is 1.20 bits per heavy atom. The Labute approximate surface area is 152 Å². The molecule has 5 nitrogen and oxygen atoms in total. The molecular weight excluding hydrogens is 336 g/mol. The summed E-state index contributed by atoms with van der Waals surface area (Å²) in [6, 6.07) is 7.22. The van der Waals surface area contributed by atoms with Crippen molar-refractivity contribution in [2.45, 2.75) is 46.0 Å². The summed E-state index contributed by atoms with van der Waals surface area (Å²) in [5, 5.41) is 0. The van der Waals surface area contributed by atoms with Crippen molar-refractivity contribution >= 4 is 21.6 Å². The lowest BCUT2D eigenvalue weighted by Gasteiger charge is -2.17. The zero-order valence-electron chi connectivity index (χ0n) is 15.7. The van der Waals surface area contributed by atoms with Crippen molar-refractivity contribution in [1.29, 1.82) is 0 Å². The predicted octanol–water partition coefficient (Wildman–Crippen LogP) is 4.38. The van der Waals surface area contributed by atoms with Crippen LogP contribution in [0.2, 0.25) is 0 Å². The first-order chi connectivity index (χ1) is 11.8. The number of ether oxygens (including phenoxy) is 1. The van der Waals surface area contributed by atoms with Gasteiger partial charge in [0.05, 0.1) is 13.4 Å². The summed E-state index contributed by atoms with van der Waals surface area (Å²) in [6.07, 6.45) is 6.02. The molecule has 0 aliphatic heterocycles. The quantitative estimate of drug-likeness (QED) is 0.494. The van der Waals surface area contributed by atoms with Gasteiger partial charge in [0.1, 0.15) is 0 Å². The molecule has 140 valence electrons. The Morgan fingerprint density at radius 3 is 2.20 bits per heavy atom. The summed E-state index contributed by atoms with van der Waals surface area (Å²) in [5.74, 6) is 1.09. The van der Waals surface area contributed by atoms with Gasteiger partial charge in [-0.05, 0) is 30.5 Å². The monoisotopic (exact) mass is 366 g/mol. The first kappa shape index (κ1) is 21.2. The number of hydrogen-bond acceptors (Lipinski definition) is 4. The minimum Gasteiger partial charge on any atom is -0.484 e. The topological polar surface area (TPSA) is 67.8 Å². The number of benzene rings is 1. The lowest BCUT2D eigenvalue weighted by Crippen LogP contribution is -2.17. The third-order valence-corrected chi connectivity index (χ3v) is 4.37. The van der Waals surface area contributed by atoms with Gasteiger partial charge in [-0.3, -0.25) is 4.72 Å². The van der Waals surface area contributed by atoms with Crippen LogP contribution < -0.4 is 4.72 Å². The van der Waals surface area contributed by atoms with Crippen LogP contribution in [-0.4, -0.2) is 27.7 Å². The van der Waals surface area contributed by atoms with Gasteiger partial charge >= 0.3 is 0 Å². The second-order valence-electron chi connectivity index (χ2n) is 6.24. The maximum Gasteiger partial charge on any atom is 0.229 e. The fraction of sp³-hybridized carbons (Fsp3) is 0.526. The van der Waals surface area contributed by atoms with E-state index >= 15 is 0 Å². The van der Waals surface area contributed by atoms with E-state index in [9.17, 15) is 8.42 Å². The summed E-state index contributed by atoms with van der Waals surface area (Å²) < 4.78 is 30.4. The SMILES string of the molecule is C=C(Cc1ccc(NS(C)(=O)=O)cc1)N=C(OC)C(CCC)CCC. The van der Waals surface area contributed by atoms with Crippen molar-refractivity contribution in [3.63, 3.8) is 0 Å². The van der Waals surface area contributed by atoms with Gasteiger partial charge < -0.3 is 4.74 Å². The van der Waals surface area contributed by atoms with Gasteiger partial charge in [0.25, 0.3) is 0 Å². The Kier molecular flexibility index (Phi) is 8.69. The lowest BCUT2D eigenvalue weighted by molar-refractivity contribution is 0.349. The standard InChI is InChI=1S/C19H30N2O3S/c1-6-8-17(9-7-2)19(24-4)20-15(3)14-16-10-12-18(13-11-16)21-25(5,22)23/h10-13,17,21H,3,6-9,14H2,1-2,4-5H3. The minimum atomic E-state index is -3.26. The average Bonchev–Trinajstić information content (AvgIpc) is 2.53. The average molecular weight is 367 g/mol. The molecule has 1 aromatic rings. The molecule has 0 unspecified atom stereocenters. The Bertz CT molecular complexity index is 673. The molecule has 0 bridgehead atoms. The zero-order valence-corrected chi connectivity index (χ0v) is 16.5. The number of nitrogens with zero attached hydrogens (tertiary/aromatic N) is 1. The van der Waals surface area contributed by atoms with Crippen LogP contribution in [-0.2, 0) is 21.2 Å². The van der Waals surface area contributed by atoms with Crippen molar-refractivity contribution in [1.82, 2.24) is 0 Å². The molecule has 1 aromatic carbocycles. The second kappa shape index (κ2) is 10.2. The van der Waals surface area contributed by atoms with Crippen LogP contribution in [0.5, 0.6) is 0 Å². The maximum absolute atomic E-state index is 11.2. The summed E-state index contributed by atoms with van der Waals surface area (Å²) in [7, 11) is -1.60. The van der Waals surface area contributed by atoms with E-state index in [0.29, 0.717) is 18.0 Å². The highest BCUT2D eigenvalue weighted by Crippen LogP contribution is 2.19. The molecule has 0 saturated carbocycles. The molecule has 0 amide bonds. The van der Waals surface area contributed by atoms with E-state index in [4.69, 9.17) is 4.74 Å². The molecule has 0 spiro atoms. The van der Waals surface area contributed by atoms with Crippen LogP contribution in [0.25, 0.3) is 0 Å². The van der Waals surface area contributed by atoms with Gasteiger partial charge in [0.2, 0.25) is 10.0 Å². The van der Waals surface area contributed by atoms with E-state index in [-0.39, 0.29) is 0 Å². The molecule has 0 aliphatic carbocycles.